The Hall–Kier alpha value is -2.61. The van der Waals surface area contributed by atoms with Crippen LogP contribution in [0.3, 0.4) is 0 Å². The minimum Gasteiger partial charge on any atom is -0.295 e. The summed E-state index contributed by atoms with van der Waals surface area (Å²) >= 11 is 0. The minimum absolute atomic E-state index is 0.00181. The first-order chi connectivity index (χ1) is 11.7. The van der Waals surface area contributed by atoms with Crippen molar-refractivity contribution in [2.75, 3.05) is 0 Å². The fourth-order valence-corrected chi connectivity index (χ4v) is 2.87. The fourth-order valence-electron chi connectivity index (χ4n) is 2.87. The third kappa shape index (κ3) is 2.92. The standard InChI is InChI=1S/C20H14B2O2/c21-11-19(23)14-9-7-13(8-10-14)15-3-1-5-17-16(15)4-2-6-18(17)20(24)12-22/h1-10H,11-12H2. The second kappa shape index (κ2) is 6.88. The van der Waals surface area contributed by atoms with Crippen LogP contribution in [0.15, 0.2) is 60.7 Å². The molecule has 24 heavy (non-hydrogen) atoms. The lowest BCUT2D eigenvalue weighted by molar-refractivity contribution is 0.101. The Kier molecular flexibility index (Phi) is 4.66. The fraction of sp³-hybridized carbons (Fsp3) is 0.100. The van der Waals surface area contributed by atoms with Crippen molar-refractivity contribution in [3.63, 3.8) is 0 Å². The smallest absolute Gasteiger partial charge is 0.154 e. The van der Waals surface area contributed by atoms with Crippen molar-refractivity contribution in [3.8, 4) is 11.1 Å². The Balaban J connectivity index is 2.13. The summed E-state index contributed by atoms with van der Waals surface area (Å²) in [5, 5.41) is 1.86. The van der Waals surface area contributed by atoms with Crippen molar-refractivity contribution < 1.29 is 9.59 Å². The van der Waals surface area contributed by atoms with E-state index in [-0.39, 0.29) is 24.2 Å². The Morgan fingerprint density at radius 2 is 1.33 bits per heavy atom. The lowest BCUT2D eigenvalue weighted by atomic mass is 9.89. The molecule has 4 heteroatoms. The van der Waals surface area contributed by atoms with Crippen LogP contribution in [0.1, 0.15) is 20.7 Å². The molecule has 0 saturated carbocycles. The van der Waals surface area contributed by atoms with Crippen LogP contribution >= 0.6 is 0 Å². The zero-order valence-electron chi connectivity index (χ0n) is 13.2. The SMILES string of the molecule is [B]CC(=O)c1ccc(-c2cccc3c(C(=O)C[B])cccc23)cc1. The van der Waals surface area contributed by atoms with Gasteiger partial charge in [-0.15, -0.1) is 0 Å². The molecule has 3 aromatic rings. The van der Waals surface area contributed by atoms with Crippen LogP contribution < -0.4 is 0 Å². The van der Waals surface area contributed by atoms with Crippen molar-refractivity contribution in [1.82, 2.24) is 0 Å². The van der Waals surface area contributed by atoms with Crippen LogP contribution in [0.5, 0.6) is 0 Å². The topological polar surface area (TPSA) is 34.1 Å². The second-order valence-electron chi connectivity index (χ2n) is 5.54. The minimum atomic E-state index is -0.0877. The summed E-state index contributed by atoms with van der Waals surface area (Å²) < 4.78 is 0. The largest absolute Gasteiger partial charge is 0.295 e. The summed E-state index contributed by atoms with van der Waals surface area (Å²) in [4.78, 5) is 23.7. The van der Waals surface area contributed by atoms with Gasteiger partial charge in [0.25, 0.3) is 0 Å². The first-order valence-corrected chi connectivity index (χ1v) is 7.74. The van der Waals surface area contributed by atoms with E-state index < -0.39 is 0 Å². The van der Waals surface area contributed by atoms with E-state index in [1.807, 2.05) is 42.5 Å². The van der Waals surface area contributed by atoms with Gasteiger partial charge in [0.1, 0.15) is 0 Å². The zero-order valence-corrected chi connectivity index (χ0v) is 13.2. The predicted octanol–water partition coefficient (Wildman–Crippen LogP) is 4.05. The zero-order chi connectivity index (χ0) is 17.1. The highest BCUT2D eigenvalue weighted by Gasteiger charge is 2.11. The molecule has 0 N–H and O–H groups in total. The second-order valence-corrected chi connectivity index (χ2v) is 5.54. The molecule has 4 radical (unpaired) electrons. The van der Waals surface area contributed by atoms with Gasteiger partial charge in [-0.05, 0) is 34.5 Å². The molecule has 3 aromatic carbocycles. The molecular weight excluding hydrogens is 294 g/mol. The summed E-state index contributed by atoms with van der Waals surface area (Å²) in [7, 11) is 10.9. The lowest BCUT2D eigenvalue weighted by Gasteiger charge is -2.10. The molecular formula is C20H14B2O2. The van der Waals surface area contributed by atoms with E-state index in [2.05, 4.69) is 0 Å². The molecule has 0 bridgehead atoms. The molecule has 0 atom stereocenters. The number of rotatable bonds is 5. The Bertz CT molecular complexity index is 915. The molecule has 0 saturated heterocycles. The number of ketones is 2. The highest BCUT2D eigenvalue weighted by Crippen LogP contribution is 2.31. The Morgan fingerprint density at radius 1 is 0.708 bits per heavy atom. The summed E-state index contributed by atoms with van der Waals surface area (Å²) in [6, 6.07) is 18.8. The molecule has 0 spiro atoms. The van der Waals surface area contributed by atoms with Crippen LogP contribution in [0.4, 0.5) is 0 Å². The normalized spacial score (nSPS) is 10.7. The maximum atomic E-state index is 12.1. The molecule has 0 aliphatic rings. The summed E-state index contributed by atoms with van der Waals surface area (Å²) in [6.07, 6.45) is -0.0165. The van der Waals surface area contributed by atoms with Gasteiger partial charge in [-0.25, -0.2) is 0 Å². The van der Waals surface area contributed by atoms with E-state index in [1.54, 1.807) is 18.2 Å². The number of hydrogen-bond acceptors (Lipinski definition) is 2. The van der Waals surface area contributed by atoms with E-state index in [1.165, 1.54) is 0 Å². The van der Waals surface area contributed by atoms with Gasteiger partial charge in [-0.1, -0.05) is 60.7 Å². The van der Waals surface area contributed by atoms with Gasteiger partial charge in [0.2, 0.25) is 0 Å². The van der Waals surface area contributed by atoms with E-state index in [0.29, 0.717) is 11.1 Å². The average Bonchev–Trinajstić information content (AvgIpc) is 2.66. The van der Waals surface area contributed by atoms with Crippen molar-refractivity contribution in [2.45, 2.75) is 12.6 Å². The molecule has 0 aromatic heterocycles. The van der Waals surface area contributed by atoms with Gasteiger partial charge >= 0.3 is 0 Å². The van der Waals surface area contributed by atoms with Gasteiger partial charge < -0.3 is 0 Å². The lowest BCUT2D eigenvalue weighted by Crippen LogP contribution is -1.99. The molecule has 0 fully saturated rings. The first-order valence-electron chi connectivity index (χ1n) is 7.74. The first kappa shape index (κ1) is 16.3. The molecule has 0 aliphatic heterocycles. The van der Waals surface area contributed by atoms with Crippen LogP contribution in [0.25, 0.3) is 21.9 Å². The van der Waals surface area contributed by atoms with Crippen molar-refractivity contribution in [1.29, 1.82) is 0 Å². The molecule has 0 aliphatic carbocycles. The molecule has 2 nitrogen and oxygen atoms in total. The summed E-state index contributed by atoms with van der Waals surface area (Å²) in [5.74, 6) is -0.170. The van der Waals surface area contributed by atoms with Crippen LogP contribution in [-0.2, 0) is 0 Å². The summed E-state index contributed by atoms with van der Waals surface area (Å²) in [6.45, 7) is 0. The van der Waals surface area contributed by atoms with Crippen LogP contribution in [0, 0.1) is 0 Å². The maximum absolute atomic E-state index is 12.1. The number of fused-ring (bicyclic) bond motifs is 1. The van der Waals surface area contributed by atoms with Crippen molar-refractivity contribution in [3.05, 3.63) is 71.8 Å². The number of benzene rings is 3. The third-order valence-corrected chi connectivity index (χ3v) is 4.11. The van der Waals surface area contributed by atoms with Gasteiger partial charge in [-0.2, -0.15) is 0 Å². The van der Waals surface area contributed by atoms with Crippen LogP contribution in [-0.4, -0.2) is 27.3 Å². The maximum Gasteiger partial charge on any atom is 0.154 e. The number of Topliss-reactive ketones (excluding diaryl/α,β-unsaturated/α-hetero) is 2. The molecule has 0 heterocycles. The van der Waals surface area contributed by atoms with Crippen molar-refractivity contribution >= 4 is 38.0 Å². The van der Waals surface area contributed by atoms with Crippen molar-refractivity contribution in [2.24, 2.45) is 0 Å². The van der Waals surface area contributed by atoms with E-state index in [9.17, 15) is 9.59 Å². The van der Waals surface area contributed by atoms with E-state index in [0.717, 1.165) is 21.9 Å². The quantitative estimate of drug-likeness (QED) is 0.526. The average molecular weight is 308 g/mol. The number of hydrogen-bond donors (Lipinski definition) is 0. The van der Waals surface area contributed by atoms with Crippen LogP contribution in [0.2, 0.25) is 12.6 Å². The molecule has 3 rings (SSSR count). The molecule has 0 unspecified atom stereocenters. The van der Waals surface area contributed by atoms with Gasteiger partial charge in [0, 0.05) is 11.1 Å². The number of carbonyl (C=O) groups is 2. The van der Waals surface area contributed by atoms with Gasteiger partial charge in [0.15, 0.2) is 11.6 Å². The number of carbonyl (C=O) groups excluding carboxylic acids is 2. The highest BCUT2D eigenvalue weighted by molar-refractivity contribution is 6.26. The van der Waals surface area contributed by atoms with E-state index in [4.69, 9.17) is 15.7 Å². The summed E-state index contributed by atoms with van der Waals surface area (Å²) in [5.41, 5.74) is 3.21. The Morgan fingerprint density at radius 3 is 2.00 bits per heavy atom. The highest BCUT2D eigenvalue weighted by atomic mass is 16.1. The molecule has 0 amide bonds. The van der Waals surface area contributed by atoms with E-state index >= 15 is 0 Å². The van der Waals surface area contributed by atoms with Gasteiger partial charge in [-0.3, -0.25) is 9.59 Å². The third-order valence-electron chi connectivity index (χ3n) is 4.11. The Labute approximate surface area is 143 Å². The van der Waals surface area contributed by atoms with Gasteiger partial charge in [0.05, 0.1) is 15.7 Å². The molecule has 112 valence electrons. The predicted molar refractivity (Wildman–Crippen MR) is 99.2 cm³/mol. The monoisotopic (exact) mass is 308 g/mol.